The first-order valence-corrected chi connectivity index (χ1v) is 8.76. The second-order valence-electron chi connectivity index (χ2n) is 6.76. The molecule has 0 aliphatic carbocycles. The van der Waals surface area contributed by atoms with Crippen LogP contribution in [0.4, 0.5) is 4.39 Å². The van der Waals surface area contributed by atoms with Crippen LogP contribution in [0.5, 0.6) is 0 Å². The molecule has 2 fully saturated rings. The molecule has 2 aliphatic rings. The molecule has 140 valence electrons. The van der Waals surface area contributed by atoms with Crippen molar-refractivity contribution < 1.29 is 18.7 Å². The van der Waals surface area contributed by atoms with Gasteiger partial charge in [0.15, 0.2) is 0 Å². The standard InChI is InChI=1S/C19H19FN4O3/c1-12-21-7-6-15(22-12)19(26)23-9-16-17(10-23)27-11-18(25)24(16)8-13-2-4-14(20)5-3-13/h2-7,16-17H,8-11H2,1H3/t16-,17-/m1/s1. The number of aryl methyl sites for hydroxylation is 1. The number of rotatable bonds is 3. The highest BCUT2D eigenvalue weighted by molar-refractivity contribution is 5.92. The summed E-state index contributed by atoms with van der Waals surface area (Å²) < 4.78 is 18.8. The van der Waals surface area contributed by atoms with Crippen molar-refractivity contribution in [2.45, 2.75) is 25.6 Å². The van der Waals surface area contributed by atoms with Crippen LogP contribution in [-0.4, -0.2) is 63.4 Å². The Morgan fingerprint density at radius 2 is 2.04 bits per heavy atom. The summed E-state index contributed by atoms with van der Waals surface area (Å²) in [6.07, 6.45) is 1.31. The van der Waals surface area contributed by atoms with Gasteiger partial charge in [0.25, 0.3) is 5.91 Å². The second kappa shape index (κ2) is 7.03. The maximum Gasteiger partial charge on any atom is 0.272 e. The van der Waals surface area contributed by atoms with Crippen LogP contribution in [0.3, 0.4) is 0 Å². The summed E-state index contributed by atoms with van der Waals surface area (Å²) in [5.74, 6) is -0.120. The molecule has 0 radical (unpaired) electrons. The molecule has 1 aromatic heterocycles. The Labute approximate surface area is 155 Å². The molecule has 0 N–H and O–H groups in total. The lowest BCUT2D eigenvalue weighted by Crippen LogP contribution is -2.53. The average Bonchev–Trinajstić information content (AvgIpc) is 3.09. The zero-order valence-electron chi connectivity index (χ0n) is 14.8. The van der Waals surface area contributed by atoms with Gasteiger partial charge in [-0.2, -0.15) is 0 Å². The van der Waals surface area contributed by atoms with E-state index in [0.29, 0.717) is 31.2 Å². The Balaban J connectivity index is 1.51. The molecule has 2 amide bonds. The highest BCUT2D eigenvalue weighted by Crippen LogP contribution is 2.26. The van der Waals surface area contributed by atoms with Gasteiger partial charge in [-0.1, -0.05) is 12.1 Å². The van der Waals surface area contributed by atoms with Gasteiger partial charge in [-0.25, -0.2) is 14.4 Å². The summed E-state index contributed by atoms with van der Waals surface area (Å²) in [6, 6.07) is 7.42. The predicted molar refractivity (Wildman–Crippen MR) is 93.2 cm³/mol. The molecule has 2 saturated heterocycles. The molecule has 2 aliphatic heterocycles. The molecule has 0 saturated carbocycles. The summed E-state index contributed by atoms with van der Waals surface area (Å²) in [4.78, 5) is 36.7. The third-order valence-electron chi connectivity index (χ3n) is 4.93. The first kappa shape index (κ1) is 17.5. The summed E-state index contributed by atoms with van der Waals surface area (Å²) in [5, 5.41) is 0. The molecule has 0 spiro atoms. The average molecular weight is 370 g/mol. The third kappa shape index (κ3) is 3.52. The number of carbonyl (C=O) groups is 2. The predicted octanol–water partition coefficient (Wildman–Crippen LogP) is 1.18. The number of morpholine rings is 1. The van der Waals surface area contributed by atoms with Gasteiger partial charge in [-0.15, -0.1) is 0 Å². The zero-order chi connectivity index (χ0) is 19.0. The fourth-order valence-corrected chi connectivity index (χ4v) is 3.56. The summed E-state index contributed by atoms with van der Waals surface area (Å²) in [7, 11) is 0. The van der Waals surface area contributed by atoms with Gasteiger partial charge in [0.05, 0.1) is 12.1 Å². The largest absolute Gasteiger partial charge is 0.364 e. The number of hydrogen-bond donors (Lipinski definition) is 0. The van der Waals surface area contributed by atoms with Gasteiger partial charge >= 0.3 is 0 Å². The van der Waals surface area contributed by atoms with Gasteiger partial charge in [-0.05, 0) is 30.7 Å². The van der Waals surface area contributed by atoms with E-state index in [1.54, 1.807) is 41.1 Å². The number of hydrogen-bond acceptors (Lipinski definition) is 5. The third-order valence-corrected chi connectivity index (χ3v) is 4.93. The Hall–Kier alpha value is -2.87. The van der Waals surface area contributed by atoms with E-state index in [9.17, 15) is 14.0 Å². The molecule has 1 aromatic carbocycles. The van der Waals surface area contributed by atoms with Crippen LogP contribution in [-0.2, 0) is 16.1 Å². The highest BCUT2D eigenvalue weighted by atomic mass is 19.1. The van der Waals surface area contributed by atoms with Crippen LogP contribution >= 0.6 is 0 Å². The van der Waals surface area contributed by atoms with Crippen molar-refractivity contribution in [1.29, 1.82) is 0 Å². The van der Waals surface area contributed by atoms with Crippen molar-refractivity contribution in [2.75, 3.05) is 19.7 Å². The summed E-state index contributed by atoms with van der Waals surface area (Å²) in [6.45, 7) is 2.85. The minimum atomic E-state index is -0.317. The fourth-order valence-electron chi connectivity index (χ4n) is 3.56. The SMILES string of the molecule is Cc1nccc(C(=O)N2C[C@@H]3[C@@H](C2)OCC(=O)N3Cc2ccc(F)cc2)n1. The van der Waals surface area contributed by atoms with E-state index in [1.165, 1.54) is 12.1 Å². The van der Waals surface area contributed by atoms with E-state index in [-0.39, 0.29) is 36.4 Å². The number of aromatic nitrogens is 2. The Morgan fingerprint density at radius 1 is 1.26 bits per heavy atom. The molecule has 2 atom stereocenters. The van der Waals surface area contributed by atoms with Crippen molar-refractivity contribution in [2.24, 2.45) is 0 Å². The lowest BCUT2D eigenvalue weighted by molar-refractivity contribution is -0.153. The molecule has 0 bridgehead atoms. The minimum absolute atomic E-state index is 0.0169. The van der Waals surface area contributed by atoms with Crippen LogP contribution in [0.2, 0.25) is 0 Å². The zero-order valence-corrected chi connectivity index (χ0v) is 14.8. The number of amides is 2. The summed E-state index contributed by atoms with van der Waals surface area (Å²) >= 11 is 0. The number of fused-ring (bicyclic) bond motifs is 1. The van der Waals surface area contributed by atoms with Gasteiger partial charge in [0, 0.05) is 25.8 Å². The topological polar surface area (TPSA) is 75.6 Å². The first-order valence-electron chi connectivity index (χ1n) is 8.76. The quantitative estimate of drug-likeness (QED) is 0.811. The molecule has 4 rings (SSSR count). The van der Waals surface area contributed by atoms with Gasteiger partial charge < -0.3 is 14.5 Å². The van der Waals surface area contributed by atoms with Crippen LogP contribution in [0.1, 0.15) is 21.9 Å². The maximum absolute atomic E-state index is 13.1. The first-order chi connectivity index (χ1) is 13.0. The number of nitrogens with zero attached hydrogens (tertiary/aromatic N) is 4. The number of carbonyl (C=O) groups excluding carboxylic acids is 2. The number of ether oxygens (including phenoxy) is 1. The number of halogens is 1. The lowest BCUT2D eigenvalue weighted by Gasteiger charge is -2.36. The molecule has 0 unspecified atom stereocenters. The van der Waals surface area contributed by atoms with Crippen molar-refractivity contribution in [1.82, 2.24) is 19.8 Å². The molecular weight excluding hydrogens is 351 g/mol. The Morgan fingerprint density at radius 3 is 2.78 bits per heavy atom. The van der Waals surface area contributed by atoms with Gasteiger partial charge in [0.2, 0.25) is 5.91 Å². The van der Waals surface area contributed by atoms with Crippen LogP contribution < -0.4 is 0 Å². The van der Waals surface area contributed by atoms with E-state index in [4.69, 9.17) is 4.74 Å². The Bertz CT molecular complexity index is 874. The Kier molecular flexibility index (Phi) is 4.57. The molecule has 8 heteroatoms. The van der Waals surface area contributed by atoms with E-state index in [1.807, 2.05) is 0 Å². The van der Waals surface area contributed by atoms with Crippen molar-refractivity contribution in [3.8, 4) is 0 Å². The van der Waals surface area contributed by atoms with Crippen LogP contribution in [0.25, 0.3) is 0 Å². The monoisotopic (exact) mass is 370 g/mol. The fraction of sp³-hybridized carbons (Fsp3) is 0.368. The lowest BCUT2D eigenvalue weighted by atomic mass is 10.1. The van der Waals surface area contributed by atoms with Crippen molar-refractivity contribution >= 4 is 11.8 Å². The van der Waals surface area contributed by atoms with Crippen LogP contribution in [0.15, 0.2) is 36.5 Å². The smallest absolute Gasteiger partial charge is 0.272 e. The number of benzene rings is 1. The number of likely N-dealkylation sites (tertiary alicyclic amines) is 1. The highest BCUT2D eigenvalue weighted by Gasteiger charge is 2.44. The van der Waals surface area contributed by atoms with E-state index in [0.717, 1.165) is 5.56 Å². The van der Waals surface area contributed by atoms with Crippen molar-refractivity contribution in [3.63, 3.8) is 0 Å². The van der Waals surface area contributed by atoms with E-state index >= 15 is 0 Å². The summed E-state index contributed by atoms with van der Waals surface area (Å²) in [5.41, 5.74) is 1.17. The van der Waals surface area contributed by atoms with E-state index in [2.05, 4.69) is 9.97 Å². The maximum atomic E-state index is 13.1. The molecule has 27 heavy (non-hydrogen) atoms. The molecular formula is C19H19FN4O3. The molecule has 7 nitrogen and oxygen atoms in total. The normalized spacial score (nSPS) is 22.1. The second-order valence-corrected chi connectivity index (χ2v) is 6.76. The minimum Gasteiger partial charge on any atom is -0.364 e. The van der Waals surface area contributed by atoms with Gasteiger partial charge in [0.1, 0.15) is 23.9 Å². The molecule has 2 aromatic rings. The molecule has 3 heterocycles. The van der Waals surface area contributed by atoms with Crippen LogP contribution in [0, 0.1) is 12.7 Å². The van der Waals surface area contributed by atoms with Gasteiger partial charge in [-0.3, -0.25) is 9.59 Å². The van der Waals surface area contributed by atoms with E-state index < -0.39 is 0 Å². The van der Waals surface area contributed by atoms with Crippen molar-refractivity contribution in [3.05, 3.63) is 59.4 Å².